The van der Waals surface area contributed by atoms with Crippen LogP contribution < -0.4 is 14.2 Å². The van der Waals surface area contributed by atoms with Crippen LogP contribution in [0.1, 0.15) is 58.4 Å². The van der Waals surface area contributed by atoms with Gasteiger partial charge in [0.15, 0.2) is 11.5 Å². The summed E-state index contributed by atoms with van der Waals surface area (Å²) in [4.78, 5) is 30.7. The van der Waals surface area contributed by atoms with Crippen molar-refractivity contribution in [3.8, 4) is 28.4 Å². The number of hydrogen-bond donors (Lipinski definition) is 0. The molecule has 0 radical (unpaired) electrons. The quantitative estimate of drug-likeness (QED) is 0.209. The molecule has 2 atom stereocenters. The average Bonchev–Trinajstić information content (AvgIpc) is 2.96. The highest BCUT2D eigenvalue weighted by molar-refractivity contribution is 5.97. The smallest absolute Gasteiger partial charge is 0.246 e. The Bertz CT molecular complexity index is 1130. The Balaban J connectivity index is 1.80. The molecule has 2 amide bonds. The minimum atomic E-state index is -0.531. The van der Waals surface area contributed by atoms with Gasteiger partial charge in [0.1, 0.15) is 12.1 Å². The first-order chi connectivity index (χ1) is 19.2. The summed E-state index contributed by atoms with van der Waals surface area (Å²) in [6.45, 7) is 6.85. The van der Waals surface area contributed by atoms with Crippen molar-refractivity contribution in [2.45, 2.75) is 71.4 Å². The molecule has 0 bridgehead atoms. The molecule has 1 aliphatic heterocycles. The summed E-state index contributed by atoms with van der Waals surface area (Å²) in [6, 6.07) is 10.9. The number of rotatable bonds is 14. The van der Waals surface area contributed by atoms with E-state index in [4.69, 9.17) is 14.2 Å². The van der Waals surface area contributed by atoms with Crippen molar-refractivity contribution in [2.75, 3.05) is 34.9 Å². The van der Waals surface area contributed by atoms with Crippen molar-refractivity contribution in [2.24, 2.45) is 5.92 Å². The third kappa shape index (κ3) is 7.38. The van der Waals surface area contributed by atoms with Gasteiger partial charge in [-0.15, -0.1) is 0 Å². The van der Waals surface area contributed by atoms with Gasteiger partial charge in [-0.2, -0.15) is 0 Å². The molecule has 0 spiro atoms. The molecule has 40 heavy (non-hydrogen) atoms. The fourth-order valence-electron chi connectivity index (χ4n) is 5.27. The van der Waals surface area contributed by atoms with Crippen LogP contribution in [0.2, 0.25) is 0 Å². The van der Waals surface area contributed by atoms with Crippen LogP contribution in [0, 0.1) is 5.92 Å². The van der Waals surface area contributed by atoms with Crippen molar-refractivity contribution in [3.63, 3.8) is 0 Å². The number of nitrogens with zero attached hydrogens (tertiary/aromatic N) is 2. The first-order valence-corrected chi connectivity index (χ1v) is 14.4. The number of allylic oxidation sites excluding steroid dienone is 1. The van der Waals surface area contributed by atoms with E-state index in [-0.39, 0.29) is 11.8 Å². The summed E-state index contributed by atoms with van der Waals surface area (Å²) in [6.07, 6.45) is 9.86. The Labute approximate surface area is 240 Å². The molecular weight excluding hydrogens is 504 g/mol. The molecule has 218 valence electrons. The number of carbonyl (C=O) groups excluding carboxylic acids is 2. The molecule has 7 heteroatoms. The Morgan fingerprint density at radius 2 is 1.50 bits per heavy atom. The zero-order valence-electron chi connectivity index (χ0n) is 25.2. The summed E-state index contributed by atoms with van der Waals surface area (Å²) in [7, 11) is 6.54. The average molecular weight is 551 g/mol. The first kappa shape index (κ1) is 31.1. The van der Waals surface area contributed by atoms with Gasteiger partial charge in [0.25, 0.3) is 0 Å². The maximum Gasteiger partial charge on any atom is 0.246 e. The molecule has 7 nitrogen and oxygen atoms in total. The molecule has 0 saturated carbocycles. The molecule has 0 unspecified atom stereocenters. The fraction of sp³-hybridized carbons (Fsp3) is 0.515. The van der Waals surface area contributed by atoms with Gasteiger partial charge in [0.2, 0.25) is 17.6 Å². The second kappa shape index (κ2) is 14.8. The minimum Gasteiger partial charge on any atom is -0.493 e. The van der Waals surface area contributed by atoms with Gasteiger partial charge in [0.05, 0.1) is 21.3 Å². The molecule has 1 fully saturated rings. The molecule has 2 aromatic rings. The molecule has 1 saturated heterocycles. The van der Waals surface area contributed by atoms with Crippen LogP contribution >= 0.6 is 0 Å². The first-order valence-electron chi connectivity index (χ1n) is 14.4. The predicted molar refractivity (Wildman–Crippen MR) is 160 cm³/mol. The summed E-state index contributed by atoms with van der Waals surface area (Å²) in [5, 5.41) is 0. The van der Waals surface area contributed by atoms with Gasteiger partial charge in [-0.25, -0.2) is 0 Å². The lowest BCUT2D eigenvalue weighted by Crippen LogP contribution is -2.64. The van der Waals surface area contributed by atoms with Crippen LogP contribution in [0.5, 0.6) is 17.2 Å². The van der Waals surface area contributed by atoms with E-state index < -0.39 is 12.1 Å². The van der Waals surface area contributed by atoms with Crippen LogP contribution in [0.25, 0.3) is 11.1 Å². The van der Waals surface area contributed by atoms with E-state index in [0.717, 1.165) is 29.5 Å². The van der Waals surface area contributed by atoms with Crippen LogP contribution in [-0.4, -0.2) is 68.6 Å². The normalized spacial score (nSPS) is 17.7. The van der Waals surface area contributed by atoms with Crippen LogP contribution in [0.15, 0.2) is 48.6 Å². The Morgan fingerprint density at radius 3 is 2.05 bits per heavy atom. The molecule has 0 aromatic heterocycles. The van der Waals surface area contributed by atoms with Crippen LogP contribution in [-0.2, 0) is 16.0 Å². The second-order valence-corrected chi connectivity index (χ2v) is 10.9. The summed E-state index contributed by atoms with van der Waals surface area (Å²) in [5.41, 5.74) is 2.90. The van der Waals surface area contributed by atoms with E-state index in [1.807, 2.05) is 36.4 Å². The lowest BCUT2D eigenvalue weighted by Gasteiger charge is -2.44. The number of unbranched alkanes of at least 4 members (excludes halogenated alkanes) is 3. The predicted octanol–water partition coefficient (Wildman–Crippen LogP) is 6.14. The molecule has 0 aliphatic carbocycles. The van der Waals surface area contributed by atoms with E-state index in [2.05, 4.69) is 32.9 Å². The number of piperazine rings is 1. The number of ether oxygens (including phenoxy) is 3. The highest BCUT2D eigenvalue weighted by atomic mass is 16.5. The molecule has 3 rings (SSSR count). The number of methoxy groups -OCH3 is 3. The lowest BCUT2D eigenvalue weighted by atomic mass is 9.93. The van der Waals surface area contributed by atoms with Gasteiger partial charge < -0.3 is 24.0 Å². The second-order valence-electron chi connectivity index (χ2n) is 10.9. The van der Waals surface area contributed by atoms with Crippen LogP contribution in [0.4, 0.5) is 0 Å². The van der Waals surface area contributed by atoms with Crippen molar-refractivity contribution in [3.05, 3.63) is 54.1 Å². The van der Waals surface area contributed by atoms with Gasteiger partial charge in [-0.05, 0) is 54.0 Å². The summed E-state index contributed by atoms with van der Waals surface area (Å²) < 4.78 is 16.5. The molecular formula is C33H46N2O5. The van der Waals surface area contributed by atoms with E-state index >= 15 is 0 Å². The third-order valence-corrected chi connectivity index (χ3v) is 7.56. The Morgan fingerprint density at radius 1 is 0.850 bits per heavy atom. The van der Waals surface area contributed by atoms with Gasteiger partial charge in [-0.3, -0.25) is 9.59 Å². The van der Waals surface area contributed by atoms with Crippen molar-refractivity contribution >= 4 is 11.8 Å². The molecule has 0 N–H and O–H groups in total. The number of carbonyl (C=O) groups is 2. The van der Waals surface area contributed by atoms with E-state index in [1.54, 1.807) is 38.2 Å². The Hall–Kier alpha value is -3.48. The molecule has 2 aromatic carbocycles. The largest absolute Gasteiger partial charge is 0.493 e. The van der Waals surface area contributed by atoms with E-state index in [0.29, 0.717) is 42.6 Å². The molecule has 1 aliphatic rings. The van der Waals surface area contributed by atoms with Gasteiger partial charge in [-0.1, -0.05) is 70.0 Å². The highest BCUT2D eigenvalue weighted by Crippen LogP contribution is 2.41. The number of hydrogen-bond acceptors (Lipinski definition) is 5. The van der Waals surface area contributed by atoms with E-state index in [1.165, 1.54) is 12.8 Å². The topological polar surface area (TPSA) is 68.3 Å². The SMILES string of the molecule is CCCCC/C=C/CN1C(=O)[C@H](Cc2ccc(-c3cc(OC)c(OC)c(OC)c3)cc2)N(C)C(=O)[C@@H]1CC(C)C. The van der Waals surface area contributed by atoms with Crippen molar-refractivity contribution in [1.29, 1.82) is 0 Å². The maximum atomic E-state index is 13.8. The lowest BCUT2D eigenvalue weighted by molar-refractivity contribution is -0.160. The fourth-order valence-corrected chi connectivity index (χ4v) is 5.27. The summed E-state index contributed by atoms with van der Waals surface area (Å²) >= 11 is 0. The zero-order chi connectivity index (χ0) is 29.2. The zero-order valence-corrected chi connectivity index (χ0v) is 25.2. The van der Waals surface area contributed by atoms with Gasteiger partial charge in [0, 0.05) is 20.0 Å². The van der Waals surface area contributed by atoms with E-state index in [9.17, 15) is 9.59 Å². The van der Waals surface area contributed by atoms with Crippen molar-refractivity contribution < 1.29 is 23.8 Å². The van der Waals surface area contributed by atoms with Crippen molar-refractivity contribution in [1.82, 2.24) is 9.80 Å². The van der Waals surface area contributed by atoms with Crippen LogP contribution in [0.3, 0.4) is 0 Å². The monoisotopic (exact) mass is 550 g/mol. The minimum absolute atomic E-state index is 0.0136. The number of amides is 2. The van der Waals surface area contributed by atoms with Gasteiger partial charge >= 0.3 is 0 Å². The maximum absolute atomic E-state index is 13.8. The summed E-state index contributed by atoms with van der Waals surface area (Å²) in [5.74, 6) is 2.07. The number of benzene rings is 2. The Kier molecular flexibility index (Phi) is 11.5. The standard InChI is InChI=1S/C33H46N2O5/c1-8-9-10-11-12-13-18-35-28(19-23(2)3)32(36)34(4)27(33(35)37)20-24-14-16-25(17-15-24)26-21-29(38-5)31(40-7)30(22-26)39-6/h12-17,21-23,27-28H,8-11,18-20H2,1-7H3/b13-12+/t27-,28-/m0/s1. The third-order valence-electron chi connectivity index (χ3n) is 7.56. The highest BCUT2D eigenvalue weighted by Gasteiger charge is 2.43. The molecule has 1 heterocycles. The number of likely N-dealkylation sites (N-methyl/N-ethyl adjacent to an activating group) is 1.